The molecular formula is C27H38ClN5O3. The molecule has 2 fully saturated rings. The Hall–Kier alpha value is -2.39. The lowest BCUT2D eigenvalue weighted by Crippen LogP contribution is -2.42. The van der Waals surface area contributed by atoms with Gasteiger partial charge in [-0.1, -0.05) is 17.7 Å². The molecule has 0 spiro atoms. The summed E-state index contributed by atoms with van der Waals surface area (Å²) in [6, 6.07) is 9.18. The molecule has 1 aliphatic carbocycles. The Kier molecular flexibility index (Phi) is 9.81. The molecule has 36 heavy (non-hydrogen) atoms. The molecule has 2 aromatic heterocycles. The molecule has 2 aromatic rings. The average Bonchev–Trinajstić information content (AvgIpc) is 2.90. The van der Waals surface area contributed by atoms with E-state index >= 15 is 0 Å². The van der Waals surface area contributed by atoms with Crippen LogP contribution in [0.4, 0.5) is 11.6 Å². The lowest BCUT2D eigenvalue weighted by atomic mass is 9.90. The van der Waals surface area contributed by atoms with Gasteiger partial charge >= 0.3 is 0 Å². The molecule has 9 heteroatoms. The van der Waals surface area contributed by atoms with Gasteiger partial charge < -0.3 is 30.2 Å². The van der Waals surface area contributed by atoms with Crippen molar-refractivity contribution in [1.82, 2.24) is 15.3 Å². The van der Waals surface area contributed by atoms with Crippen molar-refractivity contribution in [3.63, 3.8) is 0 Å². The Balaban J connectivity index is 1.33. The lowest BCUT2D eigenvalue weighted by Gasteiger charge is -2.31. The molecule has 2 aliphatic rings. The van der Waals surface area contributed by atoms with Gasteiger partial charge in [0.15, 0.2) is 0 Å². The first-order valence-corrected chi connectivity index (χ1v) is 13.2. The maximum atomic E-state index is 6.53. The van der Waals surface area contributed by atoms with Crippen LogP contribution >= 0.6 is 11.6 Å². The zero-order valence-corrected chi connectivity index (χ0v) is 22.2. The molecule has 0 aromatic carbocycles. The van der Waals surface area contributed by atoms with E-state index in [4.69, 9.17) is 30.8 Å². The number of anilines is 2. The van der Waals surface area contributed by atoms with Gasteiger partial charge in [0.25, 0.3) is 0 Å². The van der Waals surface area contributed by atoms with E-state index in [0.717, 1.165) is 60.9 Å². The maximum Gasteiger partial charge on any atom is 0.126 e. The number of hydrogen-bond donors (Lipinski definition) is 3. The van der Waals surface area contributed by atoms with Crippen LogP contribution in [0, 0.1) is 0 Å². The number of pyridine rings is 2. The molecule has 3 N–H and O–H groups in total. The molecule has 1 aliphatic heterocycles. The van der Waals surface area contributed by atoms with E-state index in [0.29, 0.717) is 42.9 Å². The average molecular weight is 516 g/mol. The summed E-state index contributed by atoms with van der Waals surface area (Å²) < 4.78 is 16.8. The Bertz CT molecular complexity index is 1000. The summed E-state index contributed by atoms with van der Waals surface area (Å²) in [6.45, 7) is 6.51. The third-order valence-electron chi connectivity index (χ3n) is 6.65. The first-order valence-electron chi connectivity index (χ1n) is 12.8. The molecule has 196 valence electrons. The van der Waals surface area contributed by atoms with Gasteiger partial charge in [0, 0.05) is 43.5 Å². The van der Waals surface area contributed by atoms with Crippen molar-refractivity contribution < 1.29 is 14.2 Å². The highest BCUT2D eigenvalue weighted by atomic mass is 35.5. The van der Waals surface area contributed by atoms with Gasteiger partial charge in [-0.3, -0.25) is 0 Å². The van der Waals surface area contributed by atoms with Gasteiger partial charge in [0.05, 0.1) is 17.3 Å². The number of ether oxygens (including phenoxy) is 3. The van der Waals surface area contributed by atoms with E-state index in [1.807, 2.05) is 37.3 Å². The minimum absolute atomic E-state index is 0.0204. The number of allylic oxidation sites excluding steroid dienone is 1. The standard InChI is InChI=1S/C27H38ClN5O3/c1-4-21-16-36-22(17-35-21)13-29-26-7-5-6-25(33-26)23-12-27(30-14-24(23)28)32-20-10-8-19(9-11-20)31-18(2)15-34-3/h4-7,12,14,18-20,22,31H,8-11,13,15-17H2,1-3H3,(H,29,33)(H,30,32)/b21-4-/t18-,19-,20-,22?/m1/s1. The first kappa shape index (κ1) is 26.7. The fourth-order valence-corrected chi connectivity index (χ4v) is 4.90. The number of methoxy groups -OCH3 is 1. The summed E-state index contributed by atoms with van der Waals surface area (Å²) >= 11 is 6.53. The fourth-order valence-electron chi connectivity index (χ4n) is 4.70. The van der Waals surface area contributed by atoms with Crippen molar-refractivity contribution in [2.24, 2.45) is 0 Å². The van der Waals surface area contributed by atoms with Crippen LogP contribution < -0.4 is 16.0 Å². The van der Waals surface area contributed by atoms with Gasteiger partial charge in [-0.15, -0.1) is 0 Å². The van der Waals surface area contributed by atoms with Gasteiger partial charge in [-0.05, 0) is 63.8 Å². The molecule has 4 rings (SSSR count). The largest absolute Gasteiger partial charge is 0.493 e. The van der Waals surface area contributed by atoms with Gasteiger partial charge in [0.1, 0.15) is 36.7 Å². The highest BCUT2D eigenvalue weighted by Crippen LogP contribution is 2.30. The van der Waals surface area contributed by atoms with Crippen LogP contribution in [0.25, 0.3) is 11.3 Å². The second-order valence-corrected chi connectivity index (χ2v) is 9.96. The van der Waals surface area contributed by atoms with Crippen LogP contribution in [0.2, 0.25) is 5.02 Å². The summed E-state index contributed by atoms with van der Waals surface area (Å²) in [7, 11) is 1.75. The van der Waals surface area contributed by atoms with Crippen molar-refractivity contribution in [1.29, 1.82) is 0 Å². The predicted octanol–water partition coefficient (Wildman–Crippen LogP) is 4.88. The second kappa shape index (κ2) is 13.2. The molecular weight excluding hydrogens is 478 g/mol. The normalized spacial score (nSPS) is 24.2. The van der Waals surface area contributed by atoms with Crippen LogP contribution in [-0.2, 0) is 14.2 Å². The van der Waals surface area contributed by atoms with Crippen LogP contribution in [0.15, 0.2) is 42.3 Å². The van der Waals surface area contributed by atoms with E-state index in [1.165, 1.54) is 0 Å². The number of aromatic nitrogens is 2. The molecule has 1 saturated carbocycles. The number of nitrogens with one attached hydrogen (secondary N) is 3. The molecule has 0 amide bonds. The van der Waals surface area contributed by atoms with Crippen molar-refractivity contribution in [2.45, 2.75) is 63.8 Å². The van der Waals surface area contributed by atoms with Crippen molar-refractivity contribution in [3.05, 3.63) is 47.3 Å². The number of rotatable bonds is 10. The third kappa shape index (κ3) is 7.56. The summed E-state index contributed by atoms with van der Waals surface area (Å²) in [5.41, 5.74) is 1.66. The molecule has 2 atom stereocenters. The highest BCUT2D eigenvalue weighted by molar-refractivity contribution is 6.33. The Morgan fingerprint density at radius 3 is 2.72 bits per heavy atom. The van der Waals surface area contributed by atoms with Crippen LogP contribution in [0.5, 0.6) is 0 Å². The highest BCUT2D eigenvalue weighted by Gasteiger charge is 2.23. The van der Waals surface area contributed by atoms with Crippen LogP contribution in [0.1, 0.15) is 39.5 Å². The smallest absolute Gasteiger partial charge is 0.126 e. The summed E-state index contributed by atoms with van der Waals surface area (Å²) in [5, 5.41) is 11.2. The molecule has 3 heterocycles. The van der Waals surface area contributed by atoms with Crippen molar-refractivity contribution in [2.75, 3.05) is 44.1 Å². The quantitative estimate of drug-likeness (QED) is 0.412. The monoisotopic (exact) mass is 515 g/mol. The van der Waals surface area contributed by atoms with Gasteiger partial charge in [-0.25, -0.2) is 9.97 Å². The number of halogens is 1. The summed E-state index contributed by atoms with van der Waals surface area (Å²) in [5.74, 6) is 2.47. The molecule has 0 bridgehead atoms. The van der Waals surface area contributed by atoms with Gasteiger partial charge in [0.2, 0.25) is 0 Å². The number of hydrogen-bond acceptors (Lipinski definition) is 8. The zero-order valence-electron chi connectivity index (χ0n) is 21.4. The summed E-state index contributed by atoms with van der Waals surface area (Å²) in [6.07, 6.45) is 8.07. The van der Waals surface area contributed by atoms with Gasteiger partial charge in [-0.2, -0.15) is 0 Å². The molecule has 1 saturated heterocycles. The SMILES string of the molecule is C/C=C1/COC(CNc2cccc(-c3cc(N[C@H]4CC[C@H](N[C@H](C)COC)CC4)ncc3Cl)n2)CO1. The van der Waals surface area contributed by atoms with E-state index in [-0.39, 0.29) is 6.10 Å². The second-order valence-electron chi connectivity index (χ2n) is 9.55. The predicted molar refractivity (Wildman–Crippen MR) is 145 cm³/mol. The molecule has 8 nitrogen and oxygen atoms in total. The van der Waals surface area contributed by atoms with E-state index in [9.17, 15) is 0 Å². The Morgan fingerprint density at radius 2 is 2.00 bits per heavy atom. The molecule has 1 unspecified atom stereocenters. The van der Waals surface area contributed by atoms with Crippen LogP contribution in [-0.4, -0.2) is 67.7 Å². The maximum absolute atomic E-state index is 6.53. The lowest BCUT2D eigenvalue weighted by molar-refractivity contribution is -0.0430. The third-order valence-corrected chi connectivity index (χ3v) is 6.95. The number of nitrogens with zero attached hydrogens (tertiary/aromatic N) is 2. The minimum Gasteiger partial charge on any atom is -0.493 e. The van der Waals surface area contributed by atoms with Crippen molar-refractivity contribution in [3.8, 4) is 11.3 Å². The topological polar surface area (TPSA) is 89.6 Å². The minimum atomic E-state index is -0.0204. The van der Waals surface area contributed by atoms with E-state index < -0.39 is 0 Å². The van der Waals surface area contributed by atoms with E-state index in [1.54, 1.807) is 13.3 Å². The zero-order chi connectivity index (χ0) is 25.3. The Morgan fingerprint density at radius 1 is 1.19 bits per heavy atom. The van der Waals surface area contributed by atoms with Crippen LogP contribution in [0.3, 0.4) is 0 Å². The van der Waals surface area contributed by atoms with E-state index in [2.05, 4.69) is 27.9 Å². The first-order chi connectivity index (χ1) is 17.5. The fraction of sp³-hybridized carbons (Fsp3) is 0.556. The summed E-state index contributed by atoms with van der Waals surface area (Å²) in [4.78, 5) is 9.31. The Labute approximate surface area is 219 Å². The van der Waals surface area contributed by atoms with Crippen molar-refractivity contribution >= 4 is 23.2 Å². The molecule has 0 radical (unpaired) electrons.